The lowest BCUT2D eigenvalue weighted by Crippen LogP contribution is -2.50. The number of aliphatic carboxylic acids is 1. The highest BCUT2D eigenvalue weighted by Crippen LogP contribution is 2.37. The average Bonchev–Trinajstić information content (AvgIpc) is 2.62. The van der Waals surface area contributed by atoms with Crippen LogP contribution in [0.5, 0.6) is 0 Å². The Morgan fingerprint density at radius 3 is 2.26 bits per heavy atom. The third-order valence-electron chi connectivity index (χ3n) is 5.23. The largest absolute Gasteiger partial charge is 0.481 e. The molecule has 5 heteroatoms. The molecule has 4 nitrogen and oxygen atoms in total. The maximum absolute atomic E-state index is 12.6. The third-order valence-corrected chi connectivity index (χ3v) is 6.28. The van der Waals surface area contributed by atoms with E-state index in [0.717, 1.165) is 29.9 Å². The fourth-order valence-corrected chi connectivity index (χ4v) is 4.80. The maximum Gasteiger partial charge on any atom is 0.314 e. The minimum absolute atomic E-state index is 0.144. The molecule has 0 aliphatic carbocycles. The minimum atomic E-state index is -0.847. The van der Waals surface area contributed by atoms with Crippen molar-refractivity contribution in [2.45, 2.75) is 31.1 Å². The minimum Gasteiger partial charge on any atom is -0.481 e. The van der Waals surface area contributed by atoms with Gasteiger partial charge in [-0.3, -0.25) is 9.59 Å². The summed E-state index contributed by atoms with van der Waals surface area (Å²) < 4.78 is 0. The number of piperidine rings is 1. The van der Waals surface area contributed by atoms with Gasteiger partial charge in [-0.05, 0) is 42.8 Å². The predicted molar refractivity (Wildman–Crippen MR) is 91.6 cm³/mol. The summed E-state index contributed by atoms with van der Waals surface area (Å²) in [5.74, 6) is 1.73. The summed E-state index contributed by atoms with van der Waals surface area (Å²) in [6.07, 6.45) is 2.92. The van der Waals surface area contributed by atoms with Gasteiger partial charge in [0, 0.05) is 19.0 Å². The molecule has 0 atom stereocenters. The van der Waals surface area contributed by atoms with E-state index < -0.39 is 11.4 Å². The number of carbonyl (C=O) groups is 2. The normalized spacial score (nSPS) is 21.8. The number of nitrogens with zero attached hydrogens (tertiary/aromatic N) is 1. The second-order valence-corrected chi connectivity index (χ2v) is 7.69. The Bertz CT molecular complexity index is 561. The Balaban J connectivity index is 1.70. The first-order valence-electron chi connectivity index (χ1n) is 8.29. The molecule has 0 radical (unpaired) electrons. The predicted octanol–water partition coefficient (Wildman–Crippen LogP) is 2.77. The number of carboxylic acids is 1. The molecule has 0 saturated carbocycles. The van der Waals surface area contributed by atoms with E-state index in [9.17, 15) is 14.7 Å². The first-order valence-corrected chi connectivity index (χ1v) is 9.44. The molecule has 1 aromatic rings. The number of amides is 1. The lowest BCUT2D eigenvalue weighted by molar-refractivity contribution is -0.149. The van der Waals surface area contributed by atoms with Crippen molar-refractivity contribution in [1.82, 2.24) is 4.90 Å². The summed E-state index contributed by atoms with van der Waals surface area (Å²) >= 11 is 1.92. The molecule has 2 aliphatic rings. The molecule has 0 bridgehead atoms. The lowest BCUT2D eigenvalue weighted by Gasteiger charge is -2.40. The number of hydrogen-bond acceptors (Lipinski definition) is 3. The van der Waals surface area contributed by atoms with E-state index in [1.165, 1.54) is 0 Å². The maximum atomic E-state index is 12.6. The number of hydrogen-bond donors (Lipinski definition) is 1. The molecule has 0 aromatic heterocycles. The fourth-order valence-electron chi connectivity index (χ4n) is 3.69. The van der Waals surface area contributed by atoms with Gasteiger partial charge in [0.2, 0.25) is 5.91 Å². The van der Waals surface area contributed by atoms with Crippen LogP contribution in [0.3, 0.4) is 0 Å². The third kappa shape index (κ3) is 3.25. The lowest BCUT2D eigenvalue weighted by atomic mass is 9.72. The smallest absolute Gasteiger partial charge is 0.314 e. The van der Waals surface area contributed by atoms with Gasteiger partial charge in [-0.25, -0.2) is 0 Å². The van der Waals surface area contributed by atoms with Gasteiger partial charge in [0.05, 0.1) is 5.41 Å². The van der Waals surface area contributed by atoms with Crippen molar-refractivity contribution in [2.24, 2.45) is 5.92 Å². The zero-order chi connectivity index (χ0) is 16.3. The summed E-state index contributed by atoms with van der Waals surface area (Å²) in [7, 11) is 0. The molecule has 1 amide bonds. The van der Waals surface area contributed by atoms with E-state index in [2.05, 4.69) is 0 Å². The van der Waals surface area contributed by atoms with E-state index in [1.54, 1.807) is 0 Å². The molecule has 23 heavy (non-hydrogen) atoms. The van der Waals surface area contributed by atoms with Crippen LogP contribution in [0.4, 0.5) is 0 Å². The van der Waals surface area contributed by atoms with Crippen molar-refractivity contribution in [1.29, 1.82) is 0 Å². The Morgan fingerprint density at radius 1 is 1.09 bits per heavy atom. The zero-order valence-electron chi connectivity index (χ0n) is 13.2. The molecular formula is C18H23NO3S. The Labute approximate surface area is 141 Å². The number of rotatable bonds is 3. The summed E-state index contributed by atoms with van der Waals surface area (Å²) in [6.45, 7) is 1.09. The Kier molecular flexibility index (Phi) is 4.95. The van der Waals surface area contributed by atoms with Crippen molar-refractivity contribution < 1.29 is 14.7 Å². The van der Waals surface area contributed by atoms with Gasteiger partial charge in [0.1, 0.15) is 0 Å². The van der Waals surface area contributed by atoms with E-state index in [1.807, 2.05) is 47.0 Å². The van der Waals surface area contributed by atoms with Gasteiger partial charge in [-0.15, -0.1) is 0 Å². The highest BCUT2D eigenvalue weighted by Gasteiger charge is 2.44. The van der Waals surface area contributed by atoms with Crippen molar-refractivity contribution >= 4 is 23.6 Å². The summed E-state index contributed by atoms with van der Waals surface area (Å²) in [6, 6.07) is 9.46. The van der Waals surface area contributed by atoms with Crippen molar-refractivity contribution in [3.8, 4) is 0 Å². The quantitative estimate of drug-likeness (QED) is 0.924. The number of benzene rings is 1. The van der Waals surface area contributed by atoms with Crippen LogP contribution < -0.4 is 0 Å². The van der Waals surface area contributed by atoms with Crippen LogP contribution in [0.25, 0.3) is 0 Å². The van der Waals surface area contributed by atoms with Crippen molar-refractivity contribution in [3.63, 3.8) is 0 Å². The number of thioether (sulfide) groups is 1. The first-order chi connectivity index (χ1) is 11.1. The number of carbonyl (C=O) groups excluding carboxylic acids is 1. The molecule has 0 spiro atoms. The number of likely N-dealkylation sites (tertiary alicyclic amines) is 1. The average molecular weight is 333 g/mol. The molecular weight excluding hydrogens is 310 g/mol. The van der Waals surface area contributed by atoms with Crippen LogP contribution in [-0.2, 0) is 15.0 Å². The van der Waals surface area contributed by atoms with Crippen molar-refractivity contribution in [2.75, 3.05) is 24.6 Å². The van der Waals surface area contributed by atoms with Crippen LogP contribution in [0, 0.1) is 5.92 Å². The standard InChI is InChI=1S/C18H23NO3S/c20-16(14-6-12-23-13-7-14)19-10-8-18(9-11-19,17(21)22)15-4-2-1-3-5-15/h1-5,14H,6-13H2,(H,21,22). The molecule has 2 saturated heterocycles. The van der Waals surface area contributed by atoms with Crippen LogP contribution in [0.1, 0.15) is 31.2 Å². The van der Waals surface area contributed by atoms with E-state index in [-0.39, 0.29) is 11.8 Å². The highest BCUT2D eigenvalue weighted by molar-refractivity contribution is 7.99. The first kappa shape index (κ1) is 16.4. The Hall–Kier alpha value is -1.49. The summed E-state index contributed by atoms with van der Waals surface area (Å²) in [5, 5.41) is 9.81. The monoisotopic (exact) mass is 333 g/mol. The molecule has 1 aromatic carbocycles. The molecule has 2 heterocycles. The zero-order valence-corrected chi connectivity index (χ0v) is 14.1. The Morgan fingerprint density at radius 2 is 1.70 bits per heavy atom. The second kappa shape index (κ2) is 6.95. The number of carboxylic acid groups (broad SMARTS) is 1. The topological polar surface area (TPSA) is 57.6 Å². The van der Waals surface area contributed by atoms with Crippen LogP contribution in [0.15, 0.2) is 30.3 Å². The van der Waals surface area contributed by atoms with Gasteiger partial charge in [0.25, 0.3) is 0 Å². The van der Waals surface area contributed by atoms with Gasteiger partial charge in [-0.1, -0.05) is 30.3 Å². The molecule has 2 aliphatic heterocycles. The SMILES string of the molecule is O=C(C1CCSCC1)N1CCC(C(=O)O)(c2ccccc2)CC1. The molecule has 0 unspecified atom stereocenters. The fraction of sp³-hybridized carbons (Fsp3) is 0.556. The highest BCUT2D eigenvalue weighted by atomic mass is 32.2. The van der Waals surface area contributed by atoms with E-state index in [4.69, 9.17) is 0 Å². The molecule has 3 rings (SSSR count). The summed E-state index contributed by atoms with van der Waals surface area (Å²) in [4.78, 5) is 26.5. The van der Waals surface area contributed by atoms with E-state index in [0.29, 0.717) is 25.9 Å². The van der Waals surface area contributed by atoms with Crippen LogP contribution in [-0.4, -0.2) is 46.5 Å². The summed E-state index contributed by atoms with van der Waals surface area (Å²) in [5.41, 5.74) is 0.00848. The molecule has 1 N–H and O–H groups in total. The van der Waals surface area contributed by atoms with Crippen LogP contribution in [0.2, 0.25) is 0 Å². The van der Waals surface area contributed by atoms with Gasteiger partial charge in [0.15, 0.2) is 0 Å². The molecule has 2 fully saturated rings. The van der Waals surface area contributed by atoms with Crippen LogP contribution >= 0.6 is 11.8 Å². The van der Waals surface area contributed by atoms with Gasteiger partial charge >= 0.3 is 5.97 Å². The van der Waals surface area contributed by atoms with Crippen molar-refractivity contribution in [3.05, 3.63) is 35.9 Å². The molecule has 124 valence electrons. The van der Waals surface area contributed by atoms with Gasteiger partial charge < -0.3 is 10.0 Å². The second-order valence-electron chi connectivity index (χ2n) is 6.47. The van der Waals surface area contributed by atoms with E-state index >= 15 is 0 Å². The van der Waals surface area contributed by atoms with Gasteiger partial charge in [-0.2, -0.15) is 11.8 Å².